The van der Waals surface area contributed by atoms with E-state index in [0.717, 1.165) is 30.0 Å². The lowest BCUT2D eigenvalue weighted by molar-refractivity contribution is 0.529. The Balaban J connectivity index is 2.06. The lowest BCUT2D eigenvalue weighted by atomic mass is 10.0. The third-order valence-corrected chi connectivity index (χ3v) is 4.37. The highest BCUT2D eigenvalue weighted by Gasteiger charge is 2.24. The minimum atomic E-state index is 0.849. The van der Waals surface area contributed by atoms with Crippen molar-refractivity contribution in [2.45, 2.75) is 46.1 Å². The number of hydrogen-bond donors (Lipinski definition) is 1. The Labute approximate surface area is 131 Å². The summed E-state index contributed by atoms with van der Waals surface area (Å²) in [4.78, 5) is 7.14. The van der Waals surface area contributed by atoms with Crippen LogP contribution in [0.1, 0.15) is 45.1 Å². The normalized spacial score (nSPS) is 18.8. The molecule has 0 radical (unpaired) electrons. The summed E-state index contributed by atoms with van der Waals surface area (Å²) in [5.74, 6) is 2.03. The summed E-state index contributed by atoms with van der Waals surface area (Å²) < 4.78 is 1.07. The molecule has 1 unspecified atom stereocenters. The van der Waals surface area contributed by atoms with Crippen LogP contribution in [-0.4, -0.2) is 24.6 Å². The van der Waals surface area contributed by atoms with Crippen molar-refractivity contribution in [1.82, 2.24) is 10.3 Å². The first-order chi connectivity index (χ1) is 9.74. The topological polar surface area (TPSA) is 28.2 Å². The molecule has 1 aromatic rings. The summed E-state index contributed by atoms with van der Waals surface area (Å²) in [7, 11) is 0. The summed E-state index contributed by atoms with van der Waals surface area (Å²) >= 11 is 3.54. The van der Waals surface area contributed by atoms with Crippen molar-refractivity contribution in [2.24, 2.45) is 5.92 Å². The van der Waals surface area contributed by atoms with Crippen molar-refractivity contribution in [3.05, 3.63) is 22.3 Å². The van der Waals surface area contributed by atoms with E-state index in [0.29, 0.717) is 0 Å². The molecule has 1 N–H and O–H groups in total. The number of aromatic nitrogens is 1. The molecule has 1 aliphatic rings. The Morgan fingerprint density at radius 2 is 2.25 bits per heavy atom. The molecule has 1 atom stereocenters. The van der Waals surface area contributed by atoms with E-state index in [-0.39, 0.29) is 0 Å². The van der Waals surface area contributed by atoms with Gasteiger partial charge in [-0.15, -0.1) is 0 Å². The van der Waals surface area contributed by atoms with Gasteiger partial charge < -0.3 is 10.2 Å². The molecular weight excluding hydrogens is 314 g/mol. The van der Waals surface area contributed by atoms with E-state index in [1.807, 2.05) is 6.20 Å². The standard InChI is InChI=1S/C16H26BrN3/c1-3-5-13-6-8-20(12-13)16-14(10-18-7-4-2)9-15(17)11-19-16/h9,11,13,18H,3-8,10,12H2,1-2H3. The molecule has 4 heteroatoms. The van der Waals surface area contributed by atoms with Gasteiger partial charge in [-0.25, -0.2) is 4.98 Å². The molecular formula is C16H26BrN3. The highest BCUT2D eigenvalue weighted by Crippen LogP contribution is 2.28. The molecule has 3 nitrogen and oxygen atoms in total. The van der Waals surface area contributed by atoms with Gasteiger partial charge in [0.15, 0.2) is 0 Å². The fourth-order valence-electron chi connectivity index (χ4n) is 2.96. The molecule has 20 heavy (non-hydrogen) atoms. The largest absolute Gasteiger partial charge is 0.356 e. The predicted octanol–water partition coefficient (Wildman–Crippen LogP) is 3.97. The third-order valence-electron chi connectivity index (χ3n) is 3.93. The number of nitrogens with one attached hydrogen (secondary N) is 1. The molecule has 0 aromatic carbocycles. The molecule has 1 fully saturated rings. The molecule has 2 heterocycles. The van der Waals surface area contributed by atoms with Crippen LogP contribution in [0.4, 0.5) is 5.82 Å². The van der Waals surface area contributed by atoms with Crippen LogP contribution < -0.4 is 10.2 Å². The van der Waals surface area contributed by atoms with Gasteiger partial charge in [-0.1, -0.05) is 20.3 Å². The van der Waals surface area contributed by atoms with Gasteiger partial charge in [0.2, 0.25) is 0 Å². The van der Waals surface area contributed by atoms with Crippen molar-refractivity contribution in [3.8, 4) is 0 Å². The fraction of sp³-hybridized carbons (Fsp3) is 0.688. The summed E-state index contributed by atoms with van der Waals surface area (Å²) in [5, 5.41) is 3.49. The zero-order chi connectivity index (χ0) is 14.4. The van der Waals surface area contributed by atoms with E-state index in [2.05, 4.69) is 51.0 Å². The summed E-state index contributed by atoms with van der Waals surface area (Å²) in [6, 6.07) is 2.21. The number of anilines is 1. The van der Waals surface area contributed by atoms with Crippen molar-refractivity contribution in [1.29, 1.82) is 0 Å². The van der Waals surface area contributed by atoms with E-state index in [9.17, 15) is 0 Å². The number of nitrogens with zero attached hydrogens (tertiary/aromatic N) is 2. The molecule has 0 aliphatic carbocycles. The first kappa shape index (κ1) is 15.8. The van der Waals surface area contributed by atoms with Crippen LogP contribution in [0.2, 0.25) is 0 Å². The maximum atomic E-state index is 4.67. The smallest absolute Gasteiger partial charge is 0.133 e. The van der Waals surface area contributed by atoms with Gasteiger partial charge in [0, 0.05) is 35.9 Å². The molecule has 1 aliphatic heterocycles. The minimum absolute atomic E-state index is 0.849. The number of hydrogen-bond acceptors (Lipinski definition) is 3. The second-order valence-corrected chi connectivity index (χ2v) is 6.62. The average Bonchev–Trinajstić information content (AvgIpc) is 2.88. The minimum Gasteiger partial charge on any atom is -0.356 e. The van der Waals surface area contributed by atoms with Crippen LogP contribution in [0.3, 0.4) is 0 Å². The van der Waals surface area contributed by atoms with Gasteiger partial charge in [-0.05, 0) is 53.7 Å². The van der Waals surface area contributed by atoms with Crippen molar-refractivity contribution < 1.29 is 0 Å². The highest BCUT2D eigenvalue weighted by atomic mass is 79.9. The molecule has 0 spiro atoms. The first-order valence-electron chi connectivity index (χ1n) is 7.84. The fourth-order valence-corrected chi connectivity index (χ4v) is 3.34. The van der Waals surface area contributed by atoms with Gasteiger partial charge >= 0.3 is 0 Å². The second kappa shape index (κ2) is 7.99. The van der Waals surface area contributed by atoms with E-state index in [4.69, 9.17) is 0 Å². The lowest BCUT2D eigenvalue weighted by Gasteiger charge is -2.21. The second-order valence-electron chi connectivity index (χ2n) is 5.70. The zero-order valence-electron chi connectivity index (χ0n) is 12.7. The van der Waals surface area contributed by atoms with Crippen LogP contribution in [-0.2, 0) is 6.54 Å². The zero-order valence-corrected chi connectivity index (χ0v) is 14.2. The van der Waals surface area contributed by atoms with Gasteiger partial charge in [0.05, 0.1) is 0 Å². The quantitative estimate of drug-likeness (QED) is 0.762. The van der Waals surface area contributed by atoms with Crippen molar-refractivity contribution in [2.75, 3.05) is 24.5 Å². The molecule has 2 rings (SSSR count). The summed E-state index contributed by atoms with van der Waals surface area (Å²) in [5.41, 5.74) is 1.31. The Hall–Kier alpha value is -0.610. The highest BCUT2D eigenvalue weighted by molar-refractivity contribution is 9.10. The average molecular weight is 340 g/mol. The molecule has 1 saturated heterocycles. The molecule has 112 valence electrons. The Morgan fingerprint density at radius 1 is 1.40 bits per heavy atom. The Bertz CT molecular complexity index is 422. The van der Waals surface area contributed by atoms with Crippen molar-refractivity contribution >= 4 is 21.7 Å². The van der Waals surface area contributed by atoms with Gasteiger partial charge in [-0.3, -0.25) is 0 Å². The van der Waals surface area contributed by atoms with E-state index in [1.165, 1.54) is 43.6 Å². The van der Waals surface area contributed by atoms with Crippen LogP contribution in [0.5, 0.6) is 0 Å². The van der Waals surface area contributed by atoms with Crippen molar-refractivity contribution in [3.63, 3.8) is 0 Å². The predicted molar refractivity (Wildman–Crippen MR) is 89.2 cm³/mol. The van der Waals surface area contributed by atoms with Crippen LogP contribution in [0, 0.1) is 5.92 Å². The van der Waals surface area contributed by atoms with Gasteiger partial charge in [0.1, 0.15) is 5.82 Å². The van der Waals surface area contributed by atoms with Crippen LogP contribution in [0.15, 0.2) is 16.7 Å². The number of halogens is 1. The van der Waals surface area contributed by atoms with Crippen LogP contribution in [0.25, 0.3) is 0 Å². The molecule has 0 amide bonds. The van der Waals surface area contributed by atoms with Gasteiger partial charge in [0.25, 0.3) is 0 Å². The molecule has 0 saturated carbocycles. The monoisotopic (exact) mass is 339 g/mol. The number of pyridine rings is 1. The summed E-state index contributed by atoms with van der Waals surface area (Å²) in [6.45, 7) is 8.77. The SMILES string of the molecule is CCCNCc1cc(Br)cnc1N1CCC(CCC)C1. The first-order valence-corrected chi connectivity index (χ1v) is 8.64. The maximum Gasteiger partial charge on any atom is 0.133 e. The van der Waals surface area contributed by atoms with E-state index in [1.54, 1.807) is 0 Å². The Morgan fingerprint density at radius 3 is 3.00 bits per heavy atom. The Kier molecular flexibility index (Phi) is 6.30. The van der Waals surface area contributed by atoms with E-state index < -0.39 is 0 Å². The lowest BCUT2D eigenvalue weighted by Crippen LogP contribution is -2.24. The summed E-state index contributed by atoms with van der Waals surface area (Å²) in [6.07, 6.45) is 7.03. The number of rotatable bonds is 7. The van der Waals surface area contributed by atoms with E-state index >= 15 is 0 Å². The van der Waals surface area contributed by atoms with Crippen LogP contribution >= 0.6 is 15.9 Å². The maximum absolute atomic E-state index is 4.67. The third kappa shape index (κ3) is 4.19. The molecule has 0 bridgehead atoms. The van der Waals surface area contributed by atoms with Gasteiger partial charge in [-0.2, -0.15) is 0 Å². The molecule has 1 aromatic heterocycles.